The van der Waals surface area contributed by atoms with Crippen molar-refractivity contribution in [3.8, 4) is 17.2 Å². The van der Waals surface area contributed by atoms with E-state index < -0.39 is 0 Å². The molecule has 0 saturated carbocycles. The maximum Gasteiger partial charge on any atom is 0.198 e. The number of carbonyl (C=O) groups excluding carboxylic acids is 1. The van der Waals surface area contributed by atoms with E-state index in [4.69, 9.17) is 19.9 Å². The lowest BCUT2D eigenvalue weighted by Gasteiger charge is -2.17. The van der Waals surface area contributed by atoms with Gasteiger partial charge in [0.2, 0.25) is 0 Å². The smallest absolute Gasteiger partial charge is 0.198 e. The van der Waals surface area contributed by atoms with Crippen molar-refractivity contribution in [2.24, 2.45) is 0 Å². The van der Waals surface area contributed by atoms with Crippen molar-refractivity contribution in [1.29, 1.82) is 0 Å². The number of benzene rings is 3. The first-order chi connectivity index (χ1) is 12.1. The van der Waals surface area contributed by atoms with Crippen molar-refractivity contribution in [3.63, 3.8) is 0 Å². The van der Waals surface area contributed by atoms with Crippen molar-refractivity contribution in [3.05, 3.63) is 59.7 Å². The van der Waals surface area contributed by atoms with Gasteiger partial charge in [0, 0.05) is 16.6 Å². The number of anilines is 1. The molecular weight excluding hydrogens is 318 g/mol. The molecule has 0 heterocycles. The van der Waals surface area contributed by atoms with E-state index in [0.717, 1.165) is 5.39 Å². The fourth-order valence-electron chi connectivity index (χ4n) is 2.95. The summed E-state index contributed by atoms with van der Waals surface area (Å²) in [5.41, 5.74) is 7.17. The maximum absolute atomic E-state index is 13.1. The van der Waals surface area contributed by atoms with Gasteiger partial charge in [0.25, 0.3) is 0 Å². The number of nitrogen functional groups attached to an aromatic ring is 1. The lowest BCUT2D eigenvalue weighted by molar-refractivity contribution is 0.103. The minimum atomic E-state index is -0.235. The maximum atomic E-state index is 13.1. The van der Waals surface area contributed by atoms with E-state index >= 15 is 0 Å². The number of para-hydroxylation sites is 1. The SMILES string of the molecule is COc1cc(C(=O)c2ccccc2N)c(OC)c2c(OC)cccc12. The van der Waals surface area contributed by atoms with Crippen LogP contribution in [-0.2, 0) is 0 Å². The second-order valence-corrected chi connectivity index (χ2v) is 5.46. The molecule has 0 saturated heterocycles. The average Bonchev–Trinajstić information content (AvgIpc) is 2.65. The van der Waals surface area contributed by atoms with Gasteiger partial charge in [-0.15, -0.1) is 0 Å². The normalized spacial score (nSPS) is 10.5. The van der Waals surface area contributed by atoms with Crippen molar-refractivity contribution < 1.29 is 19.0 Å². The number of nitrogens with two attached hydrogens (primary N) is 1. The first kappa shape index (κ1) is 16.6. The van der Waals surface area contributed by atoms with Crippen molar-refractivity contribution >= 4 is 22.2 Å². The third kappa shape index (κ3) is 2.74. The van der Waals surface area contributed by atoms with Crippen molar-refractivity contribution in [2.45, 2.75) is 0 Å². The van der Waals surface area contributed by atoms with Gasteiger partial charge in [-0.25, -0.2) is 0 Å². The molecule has 25 heavy (non-hydrogen) atoms. The van der Waals surface area contributed by atoms with Gasteiger partial charge < -0.3 is 19.9 Å². The standard InChI is InChI=1S/C20H19NO4/c1-23-16-10-6-8-13-17(24-2)11-14(20(25-3)18(13)16)19(22)12-7-4-5-9-15(12)21/h4-11H,21H2,1-3H3. The van der Waals surface area contributed by atoms with Crippen LogP contribution in [0.15, 0.2) is 48.5 Å². The zero-order valence-electron chi connectivity index (χ0n) is 14.3. The molecule has 3 aromatic carbocycles. The summed E-state index contributed by atoms with van der Waals surface area (Å²) in [5, 5.41) is 1.49. The van der Waals surface area contributed by atoms with E-state index in [9.17, 15) is 4.79 Å². The molecule has 0 amide bonds. The Kier molecular flexibility index (Phi) is 4.48. The van der Waals surface area contributed by atoms with Crippen LogP contribution in [0.25, 0.3) is 10.8 Å². The molecule has 0 fully saturated rings. The predicted octanol–water partition coefficient (Wildman–Crippen LogP) is 3.68. The van der Waals surface area contributed by atoms with Crippen LogP contribution in [0.3, 0.4) is 0 Å². The van der Waals surface area contributed by atoms with Gasteiger partial charge in [-0.1, -0.05) is 24.3 Å². The summed E-state index contributed by atoms with van der Waals surface area (Å²) in [6.45, 7) is 0. The van der Waals surface area contributed by atoms with Crippen LogP contribution in [0.2, 0.25) is 0 Å². The molecule has 0 aromatic heterocycles. The molecule has 2 N–H and O–H groups in total. The van der Waals surface area contributed by atoms with Crippen molar-refractivity contribution in [2.75, 3.05) is 27.1 Å². The van der Waals surface area contributed by atoms with Crippen LogP contribution in [-0.4, -0.2) is 27.1 Å². The summed E-state index contributed by atoms with van der Waals surface area (Å²) >= 11 is 0. The van der Waals surface area contributed by atoms with Gasteiger partial charge in [0.15, 0.2) is 5.78 Å². The Morgan fingerprint density at radius 1 is 0.840 bits per heavy atom. The summed E-state index contributed by atoms with van der Waals surface area (Å²) in [5.74, 6) is 1.36. The number of hydrogen-bond acceptors (Lipinski definition) is 5. The Labute approximate surface area is 145 Å². The van der Waals surface area contributed by atoms with Crippen LogP contribution >= 0.6 is 0 Å². The molecule has 0 bridgehead atoms. The Morgan fingerprint density at radius 2 is 1.56 bits per heavy atom. The second kappa shape index (κ2) is 6.73. The molecule has 0 atom stereocenters. The largest absolute Gasteiger partial charge is 0.496 e. The Balaban J connectivity index is 2.35. The van der Waals surface area contributed by atoms with Crippen LogP contribution < -0.4 is 19.9 Å². The first-order valence-corrected chi connectivity index (χ1v) is 7.73. The quantitative estimate of drug-likeness (QED) is 0.568. The summed E-state index contributed by atoms with van der Waals surface area (Å²) < 4.78 is 16.5. The summed E-state index contributed by atoms with van der Waals surface area (Å²) in [6.07, 6.45) is 0. The van der Waals surface area contributed by atoms with Crippen LogP contribution in [0, 0.1) is 0 Å². The van der Waals surface area contributed by atoms with E-state index in [1.165, 1.54) is 7.11 Å². The van der Waals surface area contributed by atoms with E-state index in [0.29, 0.717) is 39.4 Å². The number of ether oxygens (including phenoxy) is 3. The molecule has 0 radical (unpaired) electrons. The summed E-state index contributed by atoms with van der Waals surface area (Å²) in [4.78, 5) is 13.1. The Hall–Kier alpha value is -3.21. The fraction of sp³-hybridized carbons (Fsp3) is 0.150. The number of methoxy groups -OCH3 is 3. The third-order valence-electron chi connectivity index (χ3n) is 4.13. The molecular formula is C20H19NO4. The summed E-state index contributed by atoms with van der Waals surface area (Å²) in [7, 11) is 4.66. The van der Waals surface area contributed by atoms with Gasteiger partial charge in [-0.3, -0.25) is 4.79 Å². The predicted molar refractivity (Wildman–Crippen MR) is 97.9 cm³/mol. The van der Waals surface area contributed by atoms with E-state index in [2.05, 4.69) is 0 Å². The molecule has 0 aliphatic carbocycles. The Bertz CT molecular complexity index is 950. The highest BCUT2D eigenvalue weighted by atomic mass is 16.5. The van der Waals surface area contributed by atoms with Gasteiger partial charge in [0.05, 0.1) is 32.3 Å². The Morgan fingerprint density at radius 3 is 2.20 bits per heavy atom. The highest BCUT2D eigenvalue weighted by Gasteiger charge is 2.23. The average molecular weight is 337 g/mol. The highest BCUT2D eigenvalue weighted by Crippen LogP contribution is 2.42. The van der Waals surface area contributed by atoms with E-state index in [1.54, 1.807) is 44.6 Å². The van der Waals surface area contributed by atoms with Gasteiger partial charge in [0.1, 0.15) is 17.2 Å². The van der Waals surface area contributed by atoms with Crippen LogP contribution in [0.5, 0.6) is 17.2 Å². The molecule has 0 aliphatic rings. The molecule has 5 heteroatoms. The highest BCUT2D eigenvalue weighted by molar-refractivity contribution is 6.17. The molecule has 0 spiro atoms. The third-order valence-corrected chi connectivity index (χ3v) is 4.13. The molecule has 0 aliphatic heterocycles. The number of fused-ring (bicyclic) bond motifs is 1. The van der Waals surface area contributed by atoms with Gasteiger partial charge in [-0.2, -0.15) is 0 Å². The summed E-state index contributed by atoms with van der Waals surface area (Å²) in [6, 6.07) is 14.2. The van der Waals surface area contributed by atoms with Crippen LogP contribution in [0.4, 0.5) is 5.69 Å². The monoisotopic (exact) mass is 337 g/mol. The molecule has 5 nitrogen and oxygen atoms in total. The fourth-order valence-corrected chi connectivity index (χ4v) is 2.95. The van der Waals surface area contributed by atoms with E-state index in [1.807, 2.05) is 18.2 Å². The minimum Gasteiger partial charge on any atom is -0.496 e. The zero-order chi connectivity index (χ0) is 18.0. The first-order valence-electron chi connectivity index (χ1n) is 7.73. The van der Waals surface area contributed by atoms with Gasteiger partial charge in [-0.05, 0) is 24.3 Å². The van der Waals surface area contributed by atoms with E-state index in [-0.39, 0.29) is 5.78 Å². The van der Waals surface area contributed by atoms with Gasteiger partial charge >= 0.3 is 0 Å². The van der Waals surface area contributed by atoms with Crippen LogP contribution in [0.1, 0.15) is 15.9 Å². The number of hydrogen-bond donors (Lipinski definition) is 1. The van der Waals surface area contributed by atoms with Crippen molar-refractivity contribution in [1.82, 2.24) is 0 Å². The molecule has 128 valence electrons. The molecule has 0 unspecified atom stereocenters. The topological polar surface area (TPSA) is 70.8 Å². The number of ketones is 1. The zero-order valence-corrected chi connectivity index (χ0v) is 14.3. The lowest BCUT2D eigenvalue weighted by atomic mass is 9.96. The molecule has 3 aromatic rings. The lowest BCUT2D eigenvalue weighted by Crippen LogP contribution is -2.08. The minimum absolute atomic E-state index is 0.235. The number of carbonyl (C=O) groups is 1. The number of rotatable bonds is 5. The second-order valence-electron chi connectivity index (χ2n) is 5.46. The molecule has 3 rings (SSSR count).